The van der Waals surface area contributed by atoms with Crippen molar-refractivity contribution in [3.8, 4) is 5.75 Å². The van der Waals surface area contributed by atoms with Crippen molar-refractivity contribution in [3.63, 3.8) is 0 Å². The lowest BCUT2D eigenvalue weighted by molar-refractivity contribution is -0.118. The van der Waals surface area contributed by atoms with Crippen LogP contribution in [0.3, 0.4) is 0 Å². The molecule has 1 fully saturated rings. The molecule has 4 nitrogen and oxygen atoms in total. The maximum Gasteiger partial charge on any atom is 0.247 e. The number of hydrogen-bond donors (Lipinski definition) is 1. The molecule has 4 heteroatoms. The molecule has 1 aromatic carbocycles. The van der Waals surface area contributed by atoms with Gasteiger partial charge in [0, 0.05) is 6.54 Å². The number of rotatable bonds is 3. The Morgan fingerprint density at radius 1 is 1.42 bits per heavy atom. The van der Waals surface area contributed by atoms with Crippen LogP contribution in [0.2, 0.25) is 0 Å². The molecule has 0 aliphatic carbocycles. The summed E-state index contributed by atoms with van der Waals surface area (Å²) in [5, 5.41) is 3.03. The average molecular weight is 260 g/mol. The van der Waals surface area contributed by atoms with E-state index in [2.05, 4.69) is 23.2 Å². The van der Waals surface area contributed by atoms with Crippen LogP contribution in [0, 0.1) is 0 Å². The summed E-state index contributed by atoms with van der Waals surface area (Å²) in [6.07, 6.45) is 4.20. The molecule has 1 saturated heterocycles. The molecule has 1 N–H and O–H groups in total. The monoisotopic (exact) mass is 260 g/mol. The van der Waals surface area contributed by atoms with Crippen LogP contribution in [0.25, 0.3) is 0 Å². The summed E-state index contributed by atoms with van der Waals surface area (Å²) in [7, 11) is 0. The van der Waals surface area contributed by atoms with Crippen LogP contribution in [-0.2, 0) is 4.79 Å². The number of ether oxygens (including phenoxy) is 1. The predicted molar refractivity (Wildman–Crippen MR) is 75.8 cm³/mol. The van der Waals surface area contributed by atoms with E-state index in [1.807, 2.05) is 12.1 Å². The fourth-order valence-corrected chi connectivity index (χ4v) is 2.92. The Kier molecular flexibility index (Phi) is 3.32. The molecule has 0 bridgehead atoms. The number of carbonyl (C=O) groups excluding carboxylic acids is 1. The van der Waals surface area contributed by atoms with Crippen molar-refractivity contribution in [1.29, 1.82) is 0 Å². The van der Waals surface area contributed by atoms with Gasteiger partial charge in [0.05, 0.1) is 12.3 Å². The molecular weight excluding hydrogens is 240 g/mol. The van der Waals surface area contributed by atoms with Crippen LogP contribution in [-0.4, -0.2) is 25.1 Å². The maximum atomic E-state index is 12.2. The highest BCUT2D eigenvalue weighted by atomic mass is 16.5. The molecule has 1 unspecified atom stereocenters. The van der Waals surface area contributed by atoms with Gasteiger partial charge in [-0.1, -0.05) is 13.0 Å². The lowest BCUT2D eigenvalue weighted by Gasteiger charge is -2.41. The fraction of sp³-hybridized carbons (Fsp3) is 0.533. The Labute approximate surface area is 113 Å². The largest absolute Gasteiger partial charge is 0.491 e. The molecule has 19 heavy (non-hydrogen) atoms. The second kappa shape index (κ2) is 5.11. The zero-order chi connectivity index (χ0) is 13.2. The third-order valence-electron chi connectivity index (χ3n) is 3.83. The lowest BCUT2D eigenvalue weighted by atomic mass is 9.97. The minimum absolute atomic E-state index is 0.00248. The van der Waals surface area contributed by atoms with Gasteiger partial charge < -0.3 is 15.0 Å². The third-order valence-corrected chi connectivity index (χ3v) is 3.83. The summed E-state index contributed by atoms with van der Waals surface area (Å²) >= 11 is 0. The Hall–Kier alpha value is -1.71. The second-order valence-corrected chi connectivity index (χ2v) is 5.19. The summed E-state index contributed by atoms with van der Waals surface area (Å²) in [5.41, 5.74) is 1.96. The second-order valence-electron chi connectivity index (χ2n) is 5.19. The molecule has 0 spiro atoms. The maximum absolute atomic E-state index is 12.2. The van der Waals surface area contributed by atoms with Crippen molar-refractivity contribution in [2.75, 3.05) is 23.4 Å². The van der Waals surface area contributed by atoms with Crippen LogP contribution in [0.15, 0.2) is 18.2 Å². The van der Waals surface area contributed by atoms with Gasteiger partial charge in [0.15, 0.2) is 0 Å². The van der Waals surface area contributed by atoms with Crippen LogP contribution in [0.5, 0.6) is 5.75 Å². The number of hydrogen-bond acceptors (Lipinski definition) is 3. The summed E-state index contributed by atoms with van der Waals surface area (Å²) in [6, 6.07) is 6.01. The van der Waals surface area contributed by atoms with Crippen LogP contribution < -0.4 is 15.0 Å². The van der Waals surface area contributed by atoms with E-state index in [9.17, 15) is 4.79 Å². The van der Waals surface area contributed by atoms with E-state index in [4.69, 9.17) is 4.74 Å². The summed E-state index contributed by atoms with van der Waals surface area (Å²) in [5.74, 6) is 0.900. The van der Waals surface area contributed by atoms with E-state index in [0.717, 1.165) is 49.4 Å². The van der Waals surface area contributed by atoms with Gasteiger partial charge in [0.1, 0.15) is 17.5 Å². The standard InChI is InChI=1S/C15H20N2O2/c1-2-10-19-13-8-5-7-11-14(13)16-15(18)12-6-3-4-9-17(11)12/h5,7-8,12H,2-4,6,9-10H2,1H3,(H,16,18). The summed E-state index contributed by atoms with van der Waals surface area (Å²) in [4.78, 5) is 14.4. The van der Waals surface area contributed by atoms with E-state index >= 15 is 0 Å². The van der Waals surface area contributed by atoms with E-state index < -0.39 is 0 Å². The van der Waals surface area contributed by atoms with Gasteiger partial charge in [-0.3, -0.25) is 4.79 Å². The van der Waals surface area contributed by atoms with E-state index in [1.54, 1.807) is 0 Å². The van der Waals surface area contributed by atoms with Crippen LogP contribution >= 0.6 is 0 Å². The van der Waals surface area contributed by atoms with Gasteiger partial charge in [-0.15, -0.1) is 0 Å². The van der Waals surface area contributed by atoms with Crippen molar-refractivity contribution < 1.29 is 9.53 Å². The fourth-order valence-electron chi connectivity index (χ4n) is 2.92. The Balaban J connectivity index is 1.96. The quantitative estimate of drug-likeness (QED) is 0.908. The van der Waals surface area contributed by atoms with Gasteiger partial charge in [-0.2, -0.15) is 0 Å². The molecule has 1 amide bonds. The van der Waals surface area contributed by atoms with E-state index in [0.29, 0.717) is 6.61 Å². The number of para-hydroxylation sites is 1. The highest BCUT2D eigenvalue weighted by Crippen LogP contribution is 2.41. The minimum Gasteiger partial charge on any atom is -0.491 e. The molecule has 1 atom stereocenters. The van der Waals surface area contributed by atoms with E-state index in [1.165, 1.54) is 0 Å². The first-order valence-corrected chi connectivity index (χ1v) is 7.14. The topological polar surface area (TPSA) is 41.6 Å². The average Bonchev–Trinajstić information content (AvgIpc) is 2.46. The SMILES string of the molecule is CCCOc1cccc2c1NC(=O)C1CCCCN21. The zero-order valence-corrected chi connectivity index (χ0v) is 11.3. The highest BCUT2D eigenvalue weighted by Gasteiger charge is 2.35. The minimum atomic E-state index is 0.00248. The number of nitrogens with zero attached hydrogens (tertiary/aromatic N) is 1. The number of anilines is 2. The van der Waals surface area contributed by atoms with Crippen LogP contribution in [0.4, 0.5) is 11.4 Å². The normalized spacial score (nSPS) is 21.4. The summed E-state index contributed by atoms with van der Waals surface area (Å²) in [6.45, 7) is 3.71. The molecule has 1 aromatic rings. The smallest absolute Gasteiger partial charge is 0.247 e. The molecule has 102 valence electrons. The van der Waals surface area contributed by atoms with E-state index in [-0.39, 0.29) is 11.9 Å². The molecule has 2 aliphatic heterocycles. The Morgan fingerprint density at radius 3 is 3.16 bits per heavy atom. The molecule has 0 saturated carbocycles. The number of benzene rings is 1. The number of fused-ring (bicyclic) bond motifs is 3. The summed E-state index contributed by atoms with van der Waals surface area (Å²) < 4.78 is 5.74. The first-order chi connectivity index (χ1) is 9.31. The van der Waals surface area contributed by atoms with Gasteiger partial charge in [0.2, 0.25) is 5.91 Å². The van der Waals surface area contributed by atoms with Gasteiger partial charge in [0.25, 0.3) is 0 Å². The van der Waals surface area contributed by atoms with Crippen molar-refractivity contribution in [2.24, 2.45) is 0 Å². The highest BCUT2D eigenvalue weighted by molar-refractivity contribution is 6.05. The van der Waals surface area contributed by atoms with Gasteiger partial charge >= 0.3 is 0 Å². The molecule has 3 rings (SSSR count). The molecule has 2 aliphatic rings. The number of carbonyl (C=O) groups is 1. The van der Waals surface area contributed by atoms with Crippen molar-refractivity contribution >= 4 is 17.3 Å². The molecule has 0 radical (unpaired) electrons. The third kappa shape index (κ3) is 2.15. The number of amides is 1. The van der Waals surface area contributed by atoms with Crippen molar-refractivity contribution in [2.45, 2.75) is 38.6 Å². The molecular formula is C15H20N2O2. The van der Waals surface area contributed by atoms with Crippen LogP contribution in [0.1, 0.15) is 32.6 Å². The first kappa shape index (κ1) is 12.3. The Morgan fingerprint density at radius 2 is 2.32 bits per heavy atom. The number of nitrogens with one attached hydrogen (secondary N) is 1. The lowest BCUT2D eigenvalue weighted by Crippen LogP contribution is -2.50. The first-order valence-electron chi connectivity index (χ1n) is 7.14. The molecule has 0 aromatic heterocycles. The zero-order valence-electron chi connectivity index (χ0n) is 11.3. The van der Waals surface area contributed by atoms with Crippen molar-refractivity contribution in [3.05, 3.63) is 18.2 Å². The molecule has 2 heterocycles. The predicted octanol–water partition coefficient (Wildman–Crippen LogP) is 2.79. The Bertz CT molecular complexity index is 487. The number of piperidine rings is 1. The van der Waals surface area contributed by atoms with Crippen molar-refractivity contribution in [1.82, 2.24) is 0 Å². The van der Waals surface area contributed by atoms with Gasteiger partial charge in [-0.25, -0.2) is 0 Å². The van der Waals surface area contributed by atoms with Gasteiger partial charge in [-0.05, 0) is 37.8 Å².